The summed E-state index contributed by atoms with van der Waals surface area (Å²) >= 11 is 6.23. The molecular formula is C19H21ClN2O4S. The van der Waals surface area contributed by atoms with Crippen LogP contribution in [0.25, 0.3) is 0 Å². The smallest absolute Gasteiger partial charge is 0.255 e. The lowest BCUT2D eigenvalue weighted by molar-refractivity contribution is -0.162. The number of hydrazine groups is 1. The van der Waals surface area contributed by atoms with Crippen LogP contribution in [0.15, 0.2) is 53.4 Å². The summed E-state index contributed by atoms with van der Waals surface area (Å²) in [6.45, 7) is 1.85. The van der Waals surface area contributed by atoms with Crippen LogP contribution in [0.3, 0.4) is 0 Å². The molecule has 0 aliphatic heterocycles. The molecule has 0 amide bonds. The lowest BCUT2D eigenvalue weighted by Gasteiger charge is -2.33. The molecule has 0 spiro atoms. The number of sulfonamides is 1. The molecule has 2 aromatic carbocycles. The highest BCUT2D eigenvalue weighted by atomic mass is 35.5. The Hall–Kier alpha value is -1.77. The average molecular weight is 409 g/mol. The number of benzene rings is 2. The highest BCUT2D eigenvalue weighted by Gasteiger charge is 2.34. The molecule has 0 saturated heterocycles. The second kappa shape index (κ2) is 8.08. The van der Waals surface area contributed by atoms with E-state index in [4.69, 9.17) is 11.6 Å². The Labute approximate surface area is 163 Å². The first-order valence-electron chi connectivity index (χ1n) is 8.59. The summed E-state index contributed by atoms with van der Waals surface area (Å²) in [6, 6.07) is 12.8. The van der Waals surface area contributed by atoms with Gasteiger partial charge in [-0.1, -0.05) is 47.5 Å². The van der Waals surface area contributed by atoms with E-state index >= 15 is 0 Å². The molecule has 0 bridgehead atoms. The molecule has 0 aromatic heterocycles. The van der Waals surface area contributed by atoms with E-state index in [0.717, 1.165) is 11.1 Å². The SMILES string of the molecule is Cc1ccc(S(=O)(=O)NN(O)C2CC(=O)CC(c3ccccc3Cl)C2)cc1. The molecule has 1 aliphatic rings. The number of hydroxylamine groups is 1. The first kappa shape index (κ1) is 20.0. The van der Waals surface area contributed by atoms with E-state index in [1.165, 1.54) is 12.1 Å². The van der Waals surface area contributed by atoms with Crippen molar-refractivity contribution < 1.29 is 18.4 Å². The standard InChI is InChI=1S/C19H21ClN2O4S/c1-13-6-8-17(9-7-13)27(25,26)21-22(24)15-10-14(11-16(23)12-15)18-4-2-3-5-19(18)20/h2-9,14-15,21,24H,10-12H2,1H3. The van der Waals surface area contributed by atoms with Crippen molar-refractivity contribution in [2.45, 2.75) is 43.0 Å². The van der Waals surface area contributed by atoms with E-state index in [1.54, 1.807) is 18.2 Å². The van der Waals surface area contributed by atoms with Gasteiger partial charge in [-0.3, -0.25) is 10.0 Å². The third-order valence-electron chi connectivity index (χ3n) is 4.73. The van der Waals surface area contributed by atoms with E-state index in [2.05, 4.69) is 4.83 Å². The molecule has 1 aliphatic carbocycles. The minimum absolute atomic E-state index is 0.0388. The highest BCUT2D eigenvalue weighted by Crippen LogP contribution is 2.36. The summed E-state index contributed by atoms with van der Waals surface area (Å²) in [7, 11) is -3.94. The highest BCUT2D eigenvalue weighted by molar-refractivity contribution is 7.89. The summed E-state index contributed by atoms with van der Waals surface area (Å²) in [4.78, 5) is 14.4. The third kappa shape index (κ3) is 4.75. The van der Waals surface area contributed by atoms with E-state index < -0.39 is 16.1 Å². The quantitative estimate of drug-likeness (QED) is 0.740. The van der Waals surface area contributed by atoms with Crippen LogP contribution in [0, 0.1) is 6.92 Å². The monoisotopic (exact) mass is 408 g/mol. The van der Waals surface area contributed by atoms with Crippen LogP contribution in [0.2, 0.25) is 5.02 Å². The van der Waals surface area contributed by atoms with Gasteiger partial charge in [-0.25, -0.2) is 8.42 Å². The fraction of sp³-hybridized carbons (Fsp3) is 0.316. The maximum Gasteiger partial charge on any atom is 0.255 e. The van der Waals surface area contributed by atoms with Crippen molar-refractivity contribution >= 4 is 27.4 Å². The second-order valence-corrected chi connectivity index (χ2v) is 8.88. The Morgan fingerprint density at radius 3 is 2.44 bits per heavy atom. The number of Topliss-reactive ketones (excluding diaryl/α,β-unsaturated/α-hetero) is 1. The number of aryl methyl sites for hydroxylation is 1. The Morgan fingerprint density at radius 1 is 1.11 bits per heavy atom. The fourth-order valence-corrected chi connectivity index (χ4v) is 4.60. The first-order valence-corrected chi connectivity index (χ1v) is 10.5. The molecular weight excluding hydrogens is 388 g/mol. The topological polar surface area (TPSA) is 86.7 Å². The van der Waals surface area contributed by atoms with Crippen LogP contribution in [-0.2, 0) is 14.8 Å². The molecule has 8 heteroatoms. The van der Waals surface area contributed by atoms with Gasteiger partial charge in [-0.2, -0.15) is 0 Å². The van der Waals surface area contributed by atoms with Crippen molar-refractivity contribution in [1.82, 2.24) is 10.0 Å². The van der Waals surface area contributed by atoms with Crippen molar-refractivity contribution in [3.05, 3.63) is 64.7 Å². The number of halogens is 1. The number of carbonyl (C=O) groups excluding carboxylic acids is 1. The van der Waals surface area contributed by atoms with Gasteiger partial charge in [0.25, 0.3) is 10.0 Å². The van der Waals surface area contributed by atoms with Gasteiger partial charge < -0.3 is 0 Å². The number of nitrogens with one attached hydrogen (secondary N) is 1. The lowest BCUT2D eigenvalue weighted by atomic mass is 9.81. The van der Waals surface area contributed by atoms with Crippen molar-refractivity contribution in [2.24, 2.45) is 0 Å². The van der Waals surface area contributed by atoms with Gasteiger partial charge in [-0.05, 0) is 43.0 Å². The summed E-state index contributed by atoms with van der Waals surface area (Å²) in [5.41, 5.74) is 1.75. The molecule has 144 valence electrons. The molecule has 0 radical (unpaired) electrons. The molecule has 2 N–H and O–H groups in total. The van der Waals surface area contributed by atoms with E-state index in [1.807, 2.05) is 25.1 Å². The molecule has 6 nitrogen and oxygen atoms in total. The normalized spacial score (nSPS) is 20.8. The summed E-state index contributed by atoms with van der Waals surface area (Å²) in [5.74, 6) is -0.228. The Morgan fingerprint density at radius 2 is 1.78 bits per heavy atom. The van der Waals surface area contributed by atoms with Crippen LogP contribution in [0.1, 0.15) is 36.3 Å². The van der Waals surface area contributed by atoms with Gasteiger partial charge in [0.1, 0.15) is 5.78 Å². The molecule has 27 heavy (non-hydrogen) atoms. The summed E-state index contributed by atoms with van der Waals surface area (Å²) in [6.07, 6.45) is 0.787. The van der Waals surface area contributed by atoms with Gasteiger partial charge >= 0.3 is 0 Å². The van der Waals surface area contributed by atoms with E-state index in [0.29, 0.717) is 23.0 Å². The fourth-order valence-electron chi connectivity index (χ4n) is 3.31. The zero-order chi connectivity index (χ0) is 19.6. The zero-order valence-corrected chi connectivity index (χ0v) is 16.4. The van der Waals surface area contributed by atoms with Crippen LogP contribution in [-0.4, -0.2) is 30.6 Å². The van der Waals surface area contributed by atoms with Crippen molar-refractivity contribution in [2.75, 3.05) is 0 Å². The average Bonchev–Trinajstić information content (AvgIpc) is 2.61. The number of rotatable bonds is 5. The zero-order valence-electron chi connectivity index (χ0n) is 14.8. The van der Waals surface area contributed by atoms with Gasteiger partial charge in [0, 0.05) is 17.9 Å². The van der Waals surface area contributed by atoms with Crippen molar-refractivity contribution in [3.8, 4) is 0 Å². The minimum Gasteiger partial charge on any atom is -0.300 e. The molecule has 2 atom stereocenters. The maximum absolute atomic E-state index is 12.5. The van der Waals surface area contributed by atoms with Gasteiger partial charge in [0.05, 0.1) is 10.9 Å². The van der Waals surface area contributed by atoms with Crippen LogP contribution in [0.5, 0.6) is 0 Å². The van der Waals surface area contributed by atoms with Crippen LogP contribution < -0.4 is 4.83 Å². The molecule has 1 saturated carbocycles. The molecule has 2 aromatic rings. The first-order chi connectivity index (χ1) is 12.8. The second-order valence-electron chi connectivity index (χ2n) is 6.81. The maximum atomic E-state index is 12.5. The van der Waals surface area contributed by atoms with Crippen molar-refractivity contribution in [3.63, 3.8) is 0 Å². The van der Waals surface area contributed by atoms with Gasteiger partial charge in [-0.15, -0.1) is 10.0 Å². The largest absolute Gasteiger partial charge is 0.300 e. The van der Waals surface area contributed by atoms with Crippen LogP contribution >= 0.6 is 11.6 Å². The van der Waals surface area contributed by atoms with Gasteiger partial charge in [0.15, 0.2) is 0 Å². The lowest BCUT2D eigenvalue weighted by Crippen LogP contribution is -2.49. The molecule has 2 unspecified atom stereocenters. The number of ketones is 1. The van der Waals surface area contributed by atoms with E-state index in [9.17, 15) is 18.4 Å². The predicted molar refractivity (Wildman–Crippen MR) is 102 cm³/mol. The van der Waals surface area contributed by atoms with E-state index in [-0.39, 0.29) is 23.0 Å². The summed E-state index contributed by atoms with van der Waals surface area (Å²) < 4.78 is 24.9. The Kier molecular flexibility index (Phi) is 5.98. The molecule has 1 fully saturated rings. The Bertz CT molecular complexity index is 931. The predicted octanol–water partition coefficient (Wildman–Crippen LogP) is 3.44. The number of carbonyl (C=O) groups is 1. The number of hydrogen-bond donors (Lipinski definition) is 2. The summed E-state index contributed by atoms with van der Waals surface area (Å²) in [5, 5.41) is 11.4. The van der Waals surface area contributed by atoms with Crippen LogP contribution in [0.4, 0.5) is 0 Å². The minimum atomic E-state index is -3.94. The number of hydrogen-bond acceptors (Lipinski definition) is 5. The number of nitrogens with zero attached hydrogens (tertiary/aromatic N) is 1. The van der Waals surface area contributed by atoms with Gasteiger partial charge in [0.2, 0.25) is 0 Å². The Balaban J connectivity index is 1.75. The third-order valence-corrected chi connectivity index (χ3v) is 6.39. The van der Waals surface area contributed by atoms with Crippen molar-refractivity contribution in [1.29, 1.82) is 0 Å². The molecule has 3 rings (SSSR count). The molecule has 0 heterocycles.